The van der Waals surface area contributed by atoms with Crippen molar-refractivity contribution in [3.63, 3.8) is 0 Å². The summed E-state index contributed by atoms with van der Waals surface area (Å²) in [5, 5.41) is 2.74. The van der Waals surface area contributed by atoms with E-state index in [1.54, 1.807) is 0 Å². The van der Waals surface area contributed by atoms with Crippen LogP contribution in [-0.4, -0.2) is 43.6 Å². The number of anilines is 1. The fraction of sp³-hybridized carbons (Fsp3) is 0.500. The normalized spacial score (nSPS) is 16.9. The zero-order valence-electron chi connectivity index (χ0n) is 11.6. The molecule has 1 saturated heterocycles. The van der Waals surface area contributed by atoms with Gasteiger partial charge in [-0.3, -0.25) is 9.69 Å². The number of nitrogens with two attached hydrogens (primary N) is 1. The van der Waals surface area contributed by atoms with Crippen molar-refractivity contribution in [2.75, 3.05) is 32.1 Å². The molecule has 0 atom stereocenters. The maximum Gasteiger partial charge on any atom is 0.238 e. The molecule has 20 heavy (non-hydrogen) atoms. The number of hydrogen-bond donors (Lipinski definition) is 2. The Morgan fingerprint density at radius 3 is 2.85 bits per heavy atom. The Morgan fingerprint density at radius 1 is 1.50 bits per heavy atom. The van der Waals surface area contributed by atoms with Crippen molar-refractivity contribution in [3.8, 4) is 5.75 Å². The third-order valence-corrected chi connectivity index (χ3v) is 3.43. The molecule has 1 aromatic rings. The van der Waals surface area contributed by atoms with Crippen LogP contribution in [0.1, 0.15) is 12.8 Å². The van der Waals surface area contributed by atoms with Crippen LogP contribution in [0.3, 0.4) is 0 Å². The lowest BCUT2D eigenvalue weighted by atomic mass is 10.1. The van der Waals surface area contributed by atoms with Crippen molar-refractivity contribution in [2.45, 2.75) is 18.9 Å². The molecule has 0 bridgehead atoms. The van der Waals surface area contributed by atoms with Crippen molar-refractivity contribution < 1.29 is 13.9 Å². The van der Waals surface area contributed by atoms with E-state index in [1.807, 2.05) is 0 Å². The zero-order chi connectivity index (χ0) is 14.5. The van der Waals surface area contributed by atoms with Crippen molar-refractivity contribution in [1.29, 1.82) is 0 Å². The number of hydrogen-bond acceptors (Lipinski definition) is 4. The first kappa shape index (κ1) is 14.7. The minimum atomic E-state index is -0.449. The fourth-order valence-corrected chi connectivity index (χ4v) is 2.25. The van der Waals surface area contributed by atoms with Gasteiger partial charge in [0.15, 0.2) is 11.6 Å². The standard InChI is InChI=1S/C14H20FN3O2/c1-20-13-8-11(2-3-12(13)15)17-14(19)9-18-6-4-10(16)5-7-18/h2-3,8,10H,4-7,9,16H2,1H3,(H,17,19). The molecule has 0 unspecified atom stereocenters. The van der Waals surface area contributed by atoms with Gasteiger partial charge in [-0.2, -0.15) is 0 Å². The van der Waals surface area contributed by atoms with Crippen LogP contribution in [-0.2, 0) is 4.79 Å². The maximum atomic E-state index is 13.3. The predicted octanol–water partition coefficient (Wildman–Crippen LogP) is 1.20. The molecule has 1 heterocycles. The van der Waals surface area contributed by atoms with Crippen LogP contribution in [0.15, 0.2) is 18.2 Å². The van der Waals surface area contributed by atoms with E-state index in [9.17, 15) is 9.18 Å². The summed E-state index contributed by atoms with van der Waals surface area (Å²) in [5.41, 5.74) is 6.35. The van der Waals surface area contributed by atoms with Crippen LogP contribution < -0.4 is 15.8 Å². The molecule has 110 valence electrons. The first-order valence-electron chi connectivity index (χ1n) is 6.70. The van der Waals surface area contributed by atoms with Crippen molar-refractivity contribution in [2.24, 2.45) is 5.73 Å². The molecule has 1 aliphatic rings. The predicted molar refractivity (Wildman–Crippen MR) is 75.2 cm³/mol. The van der Waals surface area contributed by atoms with E-state index < -0.39 is 5.82 Å². The summed E-state index contributed by atoms with van der Waals surface area (Å²) in [6.07, 6.45) is 1.83. The molecular weight excluding hydrogens is 261 g/mol. The molecule has 0 aliphatic carbocycles. The largest absolute Gasteiger partial charge is 0.494 e. The molecule has 1 aromatic carbocycles. The summed E-state index contributed by atoms with van der Waals surface area (Å²) < 4.78 is 18.1. The van der Waals surface area contributed by atoms with Gasteiger partial charge in [0, 0.05) is 30.9 Å². The first-order valence-corrected chi connectivity index (χ1v) is 6.70. The SMILES string of the molecule is COc1cc(NC(=O)CN2CCC(N)CC2)ccc1F. The summed E-state index contributed by atoms with van der Waals surface area (Å²) in [7, 11) is 1.39. The van der Waals surface area contributed by atoms with Gasteiger partial charge in [0.2, 0.25) is 5.91 Å². The van der Waals surface area contributed by atoms with Gasteiger partial charge in [0.25, 0.3) is 0 Å². The van der Waals surface area contributed by atoms with Crippen molar-refractivity contribution in [3.05, 3.63) is 24.0 Å². The number of benzene rings is 1. The van der Waals surface area contributed by atoms with Crippen molar-refractivity contribution in [1.82, 2.24) is 4.90 Å². The van der Waals surface area contributed by atoms with Gasteiger partial charge in [0.1, 0.15) is 0 Å². The number of amides is 1. The Balaban J connectivity index is 1.88. The number of rotatable bonds is 4. The molecular formula is C14H20FN3O2. The van der Waals surface area contributed by atoms with Crippen molar-refractivity contribution >= 4 is 11.6 Å². The third-order valence-electron chi connectivity index (χ3n) is 3.43. The van der Waals surface area contributed by atoms with Crippen LogP contribution in [0.4, 0.5) is 10.1 Å². The second kappa shape index (κ2) is 6.67. The maximum absolute atomic E-state index is 13.3. The minimum Gasteiger partial charge on any atom is -0.494 e. The number of nitrogens with one attached hydrogen (secondary N) is 1. The van der Waals surface area contributed by atoms with Crippen LogP contribution in [0.2, 0.25) is 0 Å². The Kier molecular flexibility index (Phi) is 4.92. The van der Waals surface area contributed by atoms with Crippen LogP contribution in [0, 0.1) is 5.82 Å². The number of likely N-dealkylation sites (tertiary alicyclic amines) is 1. The second-order valence-electron chi connectivity index (χ2n) is 5.01. The quantitative estimate of drug-likeness (QED) is 0.870. The van der Waals surface area contributed by atoms with Crippen LogP contribution in [0.5, 0.6) is 5.75 Å². The zero-order valence-corrected chi connectivity index (χ0v) is 11.6. The molecule has 2 rings (SSSR count). The number of nitrogens with zero attached hydrogens (tertiary/aromatic N) is 1. The summed E-state index contributed by atoms with van der Waals surface area (Å²) in [5.74, 6) is -0.448. The summed E-state index contributed by atoms with van der Waals surface area (Å²) in [6, 6.07) is 4.51. The van der Waals surface area contributed by atoms with Gasteiger partial charge >= 0.3 is 0 Å². The third kappa shape index (κ3) is 3.91. The first-order chi connectivity index (χ1) is 9.58. The summed E-state index contributed by atoms with van der Waals surface area (Å²) >= 11 is 0. The number of halogens is 1. The highest BCUT2D eigenvalue weighted by atomic mass is 19.1. The van der Waals surface area contributed by atoms with E-state index in [4.69, 9.17) is 10.5 Å². The highest BCUT2D eigenvalue weighted by Crippen LogP contribution is 2.21. The Bertz CT molecular complexity index is 473. The van der Waals surface area contributed by atoms with Gasteiger partial charge in [-0.1, -0.05) is 0 Å². The molecule has 0 saturated carbocycles. The minimum absolute atomic E-state index is 0.117. The molecule has 3 N–H and O–H groups in total. The Labute approximate surface area is 117 Å². The Morgan fingerprint density at radius 2 is 2.20 bits per heavy atom. The number of methoxy groups -OCH3 is 1. The van der Waals surface area contributed by atoms with E-state index >= 15 is 0 Å². The van der Waals surface area contributed by atoms with E-state index in [2.05, 4.69) is 10.2 Å². The van der Waals surface area contributed by atoms with Gasteiger partial charge < -0.3 is 15.8 Å². The average molecular weight is 281 g/mol. The topological polar surface area (TPSA) is 67.6 Å². The van der Waals surface area contributed by atoms with Gasteiger partial charge in [0.05, 0.1) is 13.7 Å². The van der Waals surface area contributed by atoms with Crippen LogP contribution in [0.25, 0.3) is 0 Å². The van der Waals surface area contributed by atoms with Gasteiger partial charge in [-0.25, -0.2) is 4.39 Å². The fourth-order valence-electron chi connectivity index (χ4n) is 2.25. The highest BCUT2D eigenvalue weighted by molar-refractivity contribution is 5.92. The van der Waals surface area contributed by atoms with E-state index in [-0.39, 0.29) is 17.7 Å². The van der Waals surface area contributed by atoms with Gasteiger partial charge in [-0.05, 0) is 25.0 Å². The second-order valence-corrected chi connectivity index (χ2v) is 5.01. The molecule has 0 aromatic heterocycles. The monoisotopic (exact) mass is 281 g/mol. The lowest BCUT2D eigenvalue weighted by molar-refractivity contribution is -0.117. The number of carbonyl (C=O) groups excluding carboxylic acids is 1. The number of carbonyl (C=O) groups is 1. The molecule has 1 fully saturated rings. The average Bonchev–Trinajstić information content (AvgIpc) is 2.43. The van der Waals surface area contributed by atoms with E-state index in [1.165, 1.54) is 25.3 Å². The lowest BCUT2D eigenvalue weighted by Gasteiger charge is -2.29. The van der Waals surface area contributed by atoms with E-state index in [0.29, 0.717) is 12.2 Å². The lowest BCUT2D eigenvalue weighted by Crippen LogP contribution is -2.43. The summed E-state index contributed by atoms with van der Waals surface area (Å²) in [6.45, 7) is 2.00. The van der Waals surface area contributed by atoms with Gasteiger partial charge in [-0.15, -0.1) is 0 Å². The molecule has 0 spiro atoms. The smallest absolute Gasteiger partial charge is 0.238 e. The number of piperidine rings is 1. The molecule has 1 aliphatic heterocycles. The molecule has 6 heteroatoms. The van der Waals surface area contributed by atoms with Crippen LogP contribution >= 0.6 is 0 Å². The Hall–Kier alpha value is -1.66. The number of ether oxygens (including phenoxy) is 1. The molecule has 0 radical (unpaired) electrons. The molecule has 5 nitrogen and oxygen atoms in total. The highest BCUT2D eigenvalue weighted by Gasteiger charge is 2.18. The molecule has 1 amide bonds. The summed E-state index contributed by atoms with van der Waals surface area (Å²) in [4.78, 5) is 14.0. The van der Waals surface area contributed by atoms with E-state index in [0.717, 1.165) is 25.9 Å².